The second-order valence-electron chi connectivity index (χ2n) is 7.50. The number of hydrogen-bond acceptors (Lipinski definition) is 5. The van der Waals surface area contributed by atoms with Crippen LogP contribution in [0.25, 0.3) is 0 Å². The van der Waals surface area contributed by atoms with Crippen LogP contribution in [0.2, 0.25) is 0 Å². The topological polar surface area (TPSA) is 69.5 Å². The van der Waals surface area contributed by atoms with Gasteiger partial charge in [0.05, 0.1) is 17.2 Å². The van der Waals surface area contributed by atoms with Gasteiger partial charge in [0.25, 0.3) is 0 Å². The van der Waals surface area contributed by atoms with Crippen molar-refractivity contribution in [3.8, 4) is 0 Å². The molecule has 0 saturated carbocycles. The van der Waals surface area contributed by atoms with E-state index in [1.165, 1.54) is 0 Å². The second kappa shape index (κ2) is 10.7. The maximum atomic E-state index is 10.6. The summed E-state index contributed by atoms with van der Waals surface area (Å²) in [5.74, 6) is 0.719. The molecule has 0 amide bonds. The molecule has 5 nitrogen and oxygen atoms in total. The molecule has 27 heavy (non-hydrogen) atoms. The van der Waals surface area contributed by atoms with Crippen LogP contribution in [0.4, 0.5) is 0 Å². The number of guanidine groups is 1. The minimum absolute atomic E-state index is 0. The Morgan fingerprint density at radius 1 is 1.22 bits per heavy atom. The van der Waals surface area contributed by atoms with E-state index in [1.807, 2.05) is 24.4 Å². The van der Waals surface area contributed by atoms with Gasteiger partial charge < -0.3 is 15.7 Å². The molecule has 0 aliphatic carbocycles. The molecule has 2 aromatic rings. The van der Waals surface area contributed by atoms with Gasteiger partial charge in [-0.2, -0.15) is 0 Å². The van der Waals surface area contributed by atoms with E-state index in [1.54, 1.807) is 29.6 Å². The molecule has 0 aliphatic rings. The fraction of sp³-hybridized carbons (Fsp3) is 0.579. The Hall–Kier alpha value is -0.710. The van der Waals surface area contributed by atoms with Gasteiger partial charge in [-0.15, -0.1) is 46.7 Å². The lowest BCUT2D eigenvalue weighted by molar-refractivity contribution is 0.0711. The van der Waals surface area contributed by atoms with Gasteiger partial charge in [0.15, 0.2) is 5.96 Å². The number of thiophene rings is 1. The number of aliphatic hydroxyl groups is 1. The van der Waals surface area contributed by atoms with E-state index < -0.39 is 5.60 Å². The molecular formula is C19H31IN4OS2. The van der Waals surface area contributed by atoms with Crippen molar-refractivity contribution >= 4 is 52.6 Å². The molecule has 2 heterocycles. The minimum Gasteiger partial charge on any atom is -0.383 e. The number of aliphatic imine (C=N–C) groups is 1. The fourth-order valence-corrected chi connectivity index (χ4v) is 4.10. The molecule has 1 atom stereocenters. The first-order chi connectivity index (χ1) is 12.2. The fourth-order valence-electron chi connectivity index (χ4n) is 2.30. The number of thiazole rings is 1. The van der Waals surface area contributed by atoms with Crippen molar-refractivity contribution in [2.75, 3.05) is 19.6 Å². The summed E-state index contributed by atoms with van der Waals surface area (Å²) >= 11 is 3.25. The summed E-state index contributed by atoms with van der Waals surface area (Å²) < 4.78 is 0. The van der Waals surface area contributed by atoms with Gasteiger partial charge in [-0.05, 0) is 25.3 Å². The number of aromatic nitrogens is 1. The van der Waals surface area contributed by atoms with Gasteiger partial charge in [-0.25, -0.2) is 9.98 Å². The van der Waals surface area contributed by atoms with Crippen LogP contribution in [0.3, 0.4) is 0 Å². The van der Waals surface area contributed by atoms with E-state index in [0.29, 0.717) is 6.54 Å². The first-order valence-corrected chi connectivity index (χ1v) is 10.7. The summed E-state index contributed by atoms with van der Waals surface area (Å²) in [7, 11) is 0. The quantitative estimate of drug-likeness (QED) is 0.291. The summed E-state index contributed by atoms with van der Waals surface area (Å²) in [6.45, 7) is 12.2. The zero-order valence-corrected chi connectivity index (χ0v) is 20.7. The Bertz CT molecular complexity index is 706. The van der Waals surface area contributed by atoms with E-state index in [2.05, 4.69) is 41.8 Å². The Morgan fingerprint density at radius 2 is 1.96 bits per heavy atom. The highest BCUT2D eigenvalue weighted by molar-refractivity contribution is 14.0. The molecule has 2 rings (SSSR count). The molecule has 152 valence electrons. The van der Waals surface area contributed by atoms with Crippen LogP contribution in [-0.4, -0.2) is 35.7 Å². The number of hydrogen-bond donors (Lipinski definition) is 3. The Morgan fingerprint density at radius 3 is 2.52 bits per heavy atom. The summed E-state index contributed by atoms with van der Waals surface area (Å²) in [6, 6.07) is 3.89. The lowest BCUT2D eigenvalue weighted by Gasteiger charge is -2.20. The average Bonchev–Trinajstić information content (AvgIpc) is 3.24. The highest BCUT2D eigenvalue weighted by Gasteiger charge is 2.24. The average molecular weight is 523 g/mol. The smallest absolute Gasteiger partial charge is 0.191 e. The Kier molecular flexibility index (Phi) is 9.67. The van der Waals surface area contributed by atoms with Crippen LogP contribution in [0.15, 0.2) is 27.9 Å². The minimum atomic E-state index is -0.951. The SMILES string of the molecule is CCNC(=NCC(C)(O)c1cccs1)NCCc1nc(C(C)(C)C)cs1.I. The zero-order chi connectivity index (χ0) is 19.2. The molecule has 0 aliphatic heterocycles. The Labute approximate surface area is 187 Å². The van der Waals surface area contributed by atoms with Gasteiger partial charge in [0.2, 0.25) is 0 Å². The third kappa shape index (κ3) is 7.67. The number of halogens is 1. The van der Waals surface area contributed by atoms with Crippen molar-refractivity contribution in [2.45, 2.75) is 52.1 Å². The molecule has 0 aromatic carbocycles. The van der Waals surface area contributed by atoms with Gasteiger partial charge >= 0.3 is 0 Å². The molecule has 1 unspecified atom stereocenters. The highest BCUT2D eigenvalue weighted by atomic mass is 127. The van der Waals surface area contributed by atoms with Crippen molar-refractivity contribution < 1.29 is 5.11 Å². The van der Waals surface area contributed by atoms with Crippen LogP contribution in [0.5, 0.6) is 0 Å². The van der Waals surface area contributed by atoms with Crippen molar-refractivity contribution in [3.63, 3.8) is 0 Å². The monoisotopic (exact) mass is 522 g/mol. The molecule has 8 heteroatoms. The van der Waals surface area contributed by atoms with Crippen molar-refractivity contribution in [1.29, 1.82) is 0 Å². The summed E-state index contributed by atoms with van der Waals surface area (Å²) in [6.07, 6.45) is 0.854. The van der Waals surface area contributed by atoms with Crippen molar-refractivity contribution in [1.82, 2.24) is 15.6 Å². The van der Waals surface area contributed by atoms with E-state index in [9.17, 15) is 5.11 Å². The van der Waals surface area contributed by atoms with Crippen LogP contribution >= 0.6 is 46.7 Å². The molecule has 0 spiro atoms. The molecule has 0 fully saturated rings. The van der Waals surface area contributed by atoms with E-state index >= 15 is 0 Å². The molecular weight excluding hydrogens is 491 g/mol. The largest absolute Gasteiger partial charge is 0.383 e. The zero-order valence-electron chi connectivity index (χ0n) is 16.7. The van der Waals surface area contributed by atoms with E-state index in [0.717, 1.165) is 41.0 Å². The molecule has 0 bridgehead atoms. The maximum absolute atomic E-state index is 10.6. The lowest BCUT2D eigenvalue weighted by Crippen LogP contribution is -2.39. The van der Waals surface area contributed by atoms with Crippen LogP contribution in [0, 0.1) is 0 Å². The third-order valence-electron chi connectivity index (χ3n) is 3.89. The van der Waals surface area contributed by atoms with Crippen molar-refractivity contribution in [3.05, 3.63) is 38.5 Å². The van der Waals surface area contributed by atoms with Gasteiger partial charge in [-0.3, -0.25) is 0 Å². The van der Waals surface area contributed by atoms with Gasteiger partial charge in [-0.1, -0.05) is 26.8 Å². The third-order valence-corrected chi connectivity index (χ3v) is 5.92. The van der Waals surface area contributed by atoms with E-state index in [-0.39, 0.29) is 29.4 Å². The summed E-state index contributed by atoms with van der Waals surface area (Å²) in [5, 5.41) is 22.4. The number of nitrogens with zero attached hydrogens (tertiary/aromatic N) is 2. The highest BCUT2D eigenvalue weighted by Crippen LogP contribution is 2.25. The maximum Gasteiger partial charge on any atom is 0.191 e. The first kappa shape index (κ1) is 24.3. The lowest BCUT2D eigenvalue weighted by atomic mass is 9.93. The summed E-state index contributed by atoms with van der Waals surface area (Å²) in [5.41, 5.74) is 0.282. The number of rotatable bonds is 7. The predicted octanol–water partition coefficient (Wildman–Crippen LogP) is 4.13. The van der Waals surface area contributed by atoms with Crippen LogP contribution < -0.4 is 10.6 Å². The first-order valence-electron chi connectivity index (χ1n) is 8.96. The molecule has 0 saturated heterocycles. The van der Waals surface area contributed by atoms with Gasteiger partial charge in [0.1, 0.15) is 5.60 Å². The van der Waals surface area contributed by atoms with Crippen LogP contribution in [0.1, 0.15) is 50.2 Å². The molecule has 3 N–H and O–H groups in total. The summed E-state index contributed by atoms with van der Waals surface area (Å²) in [4.78, 5) is 10.2. The number of nitrogens with one attached hydrogen (secondary N) is 2. The standard InChI is InChI=1S/C19H30N4OS2.HI/c1-6-20-17(22-13-19(5,24)15-8-7-11-25-15)21-10-9-16-23-14(12-26-16)18(2,3)4;/h7-8,11-12,24H,6,9-10,13H2,1-5H3,(H2,20,21,22);1H. The molecule has 0 radical (unpaired) electrons. The normalized spacial score (nSPS) is 14.4. The predicted molar refractivity (Wildman–Crippen MR) is 128 cm³/mol. The van der Waals surface area contributed by atoms with Gasteiger partial charge in [0, 0.05) is 35.2 Å². The van der Waals surface area contributed by atoms with E-state index in [4.69, 9.17) is 4.98 Å². The second-order valence-corrected chi connectivity index (χ2v) is 9.39. The molecule has 2 aromatic heterocycles. The van der Waals surface area contributed by atoms with Crippen LogP contribution in [-0.2, 0) is 17.4 Å². The Balaban J connectivity index is 0.00000364. The van der Waals surface area contributed by atoms with Crippen molar-refractivity contribution in [2.24, 2.45) is 4.99 Å².